The molecule has 4 heteroatoms. The SMILES string of the molecule is COCc1ccccc1C(=O)N1CCCC(C)(O)C1. The number of rotatable bonds is 3. The molecule has 104 valence electrons. The predicted octanol–water partition coefficient (Wildman–Crippen LogP) is 1.82. The number of carbonyl (C=O) groups excluding carboxylic acids is 1. The Kier molecular flexibility index (Phi) is 4.22. The Morgan fingerprint density at radius 1 is 1.47 bits per heavy atom. The largest absolute Gasteiger partial charge is 0.388 e. The summed E-state index contributed by atoms with van der Waals surface area (Å²) < 4.78 is 5.13. The molecule has 1 heterocycles. The molecule has 1 saturated heterocycles. The van der Waals surface area contributed by atoms with Crippen LogP contribution in [-0.4, -0.2) is 41.7 Å². The van der Waals surface area contributed by atoms with Gasteiger partial charge in [-0.1, -0.05) is 18.2 Å². The molecular weight excluding hydrogens is 242 g/mol. The van der Waals surface area contributed by atoms with Crippen LogP contribution in [-0.2, 0) is 11.3 Å². The maximum Gasteiger partial charge on any atom is 0.254 e. The number of aliphatic hydroxyl groups is 1. The highest BCUT2D eigenvalue weighted by molar-refractivity contribution is 5.95. The molecule has 1 aromatic rings. The van der Waals surface area contributed by atoms with Gasteiger partial charge in [-0.05, 0) is 31.4 Å². The molecule has 1 N–H and O–H groups in total. The van der Waals surface area contributed by atoms with E-state index in [1.807, 2.05) is 24.3 Å². The molecule has 0 aliphatic carbocycles. The van der Waals surface area contributed by atoms with Crippen molar-refractivity contribution >= 4 is 5.91 Å². The van der Waals surface area contributed by atoms with Crippen molar-refractivity contribution in [2.75, 3.05) is 20.2 Å². The smallest absolute Gasteiger partial charge is 0.254 e. The number of benzene rings is 1. The molecular formula is C15H21NO3. The van der Waals surface area contributed by atoms with Crippen LogP contribution in [0.25, 0.3) is 0 Å². The van der Waals surface area contributed by atoms with Gasteiger partial charge in [-0.2, -0.15) is 0 Å². The van der Waals surface area contributed by atoms with Crippen LogP contribution in [0.5, 0.6) is 0 Å². The quantitative estimate of drug-likeness (QED) is 0.905. The van der Waals surface area contributed by atoms with Gasteiger partial charge in [-0.15, -0.1) is 0 Å². The maximum atomic E-state index is 12.5. The van der Waals surface area contributed by atoms with Crippen LogP contribution in [0.15, 0.2) is 24.3 Å². The minimum atomic E-state index is -0.774. The molecule has 0 radical (unpaired) electrons. The van der Waals surface area contributed by atoms with Gasteiger partial charge >= 0.3 is 0 Å². The van der Waals surface area contributed by atoms with Crippen molar-refractivity contribution in [2.24, 2.45) is 0 Å². The number of hydrogen-bond donors (Lipinski definition) is 1. The highest BCUT2D eigenvalue weighted by Crippen LogP contribution is 2.23. The summed E-state index contributed by atoms with van der Waals surface area (Å²) >= 11 is 0. The fraction of sp³-hybridized carbons (Fsp3) is 0.533. The van der Waals surface area contributed by atoms with E-state index in [-0.39, 0.29) is 5.91 Å². The molecule has 19 heavy (non-hydrogen) atoms. The number of amides is 1. The van der Waals surface area contributed by atoms with Gasteiger partial charge in [0.2, 0.25) is 0 Å². The molecule has 1 amide bonds. The van der Waals surface area contributed by atoms with Crippen molar-refractivity contribution < 1.29 is 14.6 Å². The van der Waals surface area contributed by atoms with Crippen LogP contribution in [0.1, 0.15) is 35.7 Å². The number of carbonyl (C=O) groups is 1. The van der Waals surface area contributed by atoms with Gasteiger partial charge in [-0.25, -0.2) is 0 Å². The van der Waals surface area contributed by atoms with Gasteiger partial charge in [0.1, 0.15) is 0 Å². The van der Waals surface area contributed by atoms with Gasteiger partial charge in [0.15, 0.2) is 0 Å². The Labute approximate surface area is 114 Å². The summed E-state index contributed by atoms with van der Waals surface area (Å²) in [6, 6.07) is 7.48. The molecule has 1 aliphatic heterocycles. The lowest BCUT2D eigenvalue weighted by Gasteiger charge is -2.37. The standard InChI is InChI=1S/C15H21NO3/c1-15(18)8-5-9-16(11-15)14(17)13-7-4-3-6-12(13)10-19-2/h3-4,6-7,18H,5,8-11H2,1-2H3. The monoisotopic (exact) mass is 263 g/mol. The molecule has 2 rings (SSSR count). The zero-order valence-corrected chi connectivity index (χ0v) is 11.6. The Bertz CT molecular complexity index is 456. The second-order valence-electron chi connectivity index (χ2n) is 5.42. The Morgan fingerprint density at radius 3 is 2.89 bits per heavy atom. The van der Waals surface area contributed by atoms with Gasteiger partial charge in [-0.3, -0.25) is 4.79 Å². The number of nitrogens with zero attached hydrogens (tertiary/aromatic N) is 1. The van der Waals surface area contributed by atoms with Crippen LogP contribution < -0.4 is 0 Å². The lowest BCUT2D eigenvalue weighted by atomic mass is 9.94. The Balaban J connectivity index is 2.19. The lowest BCUT2D eigenvalue weighted by Crippen LogP contribution is -2.48. The first-order valence-corrected chi connectivity index (χ1v) is 6.62. The van der Waals surface area contributed by atoms with E-state index < -0.39 is 5.60 Å². The molecule has 1 aliphatic rings. The molecule has 1 fully saturated rings. The van der Waals surface area contributed by atoms with E-state index >= 15 is 0 Å². The fourth-order valence-corrected chi connectivity index (χ4v) is 2.57. The van der Waals surface area contributed by atoms with Crippen molar-refractivity contribution in [2.45, 2.75) is 32.0 Å². The molecule has 0 aromatic heterocycles. The van der Waals surface area contributed by atoms with E-state index in [4.69, 9.17) is 4.74 Å². The first kappa shape index (κ1) is 14.0. The molecule has 1 unspecified atom stereocenters. The van der Waals surface area contributed by atoms with Crippen LogP contribution in [0.3, 0.4) is 0 Å². The van der Waals surface area contributed by atoms with E-state index in [0.29, 0.717) is 25.3 Å². The Morgan fingerprint density at radius 2 is 2.21 bits per heavy atom. The molecule has 0 spiro atoms. The van der Waals surface area contributed by atoms with E-state index in [2.05, 4.69) is 0 Å². The van der Waals surface area contributed by atoms with E-state index in [1.165, 1.54) is 0 Å². The van der Waals surface area contributed by atoms with Gasteiger partial charge in [0.05, 0.1) is 12.2 Å². The van der Waals surface area contributed by atoms with Gasteiger partial charge < -0.3 is 14.7 Å². The second kappa shape index (κ2) is 5.72. The molecule has 4 nitrogen and oxygen atoms in total. The number of likely N-dealkylation sites (tertiary alicyclic amines) is 1. The number of hydrogen-bond acceptors (Lipinski definition) is 3. The fourth-order valence-electron chi connectivity index (χ4n) is 2.57. The number of methoxy groups -OCH3 is 1. The predicted molar refractivity (Wildman–Crippen MR) is 72.9 cm³/mol. The number of β-amino-alcohol motifs (C(OH)–C–C–N with tert-alkyl or cyclic N) is 1. The number of piperidine rings is 1. The first-order chi connectivity index (χ1) is 9.03. The summed E-state index contributed by atoms with van der Waals surface area (Å²) in [6.07, 6.45) is 1.59. The van der Waals surface area contributed by atoms with Crippen molar-refractivity contribution in [1.82, 2.24) is 4.90 Å². The van der Waals surface area contributed by atoms with Crippen molar-refractivity contribution in [3.63, 3.8) is 0 Å². The summed E-state index contributed by atoms with van der Waals surface area (Å²) in [5.74, 6) is -0.0207. The van der Waals surface area contributed by atoms with Crippen LogP contribution in [0.4, 0.5) is 0 Å². The first-order valence-electron chi connectivity index (χ1n) is 6.62. The van der Waals surface area contributed by atoms with E-state index in [0.717, 1.165) is 18.4 Å². The normalized spacial score (nSPS) is 23.4. The van der Waals surface area contributed by atoms with Crippen molar-refractivity contribution in [1.29, 1.82) is 0 Å². The summed E-state index contributed by atoms with van der Waals surface area (Å²) in [4.78, 5) is 14.3. The van der Waals surface area contributed by atoms with E-state index in [9.17, 15) is 9.90 Å². The minimum absolute atomic E-state index is 0.0207. The van der Waals surface area contributed by atoms with Gasteiger partial charge in [0, 0.05) is 25.8 Å². The summed E-state index contributed by atoms with van der Waals surface area (Å²) in [5, 5.41) is 10.1. The summed E-state index contributed by atoms with van der Waals surface area (Å²) in [5.41, 5.74) is 0.784. The third-order valence-corrected chi connectivity index (χ3v) is 3.51. The average Bonchev–Trinajstić information content (AvgIpc) is 2.38. The Hall–Kier alpha value is -1.39. The van der Waals surface area contributed by atoms with Crippen molar-refractivity contribution in [3.8, 4) is 0 Å². The highest BCUT2D eigenvalue weighted by Gasteiger charge is 2.31. The van der Waals surface area contributed by atoms with E-state index in [1.54, 1.807) is 18.9 Å². The zero-order valence-electron chi connectivity index (χ0n) is 11.6. The lowest BCUT2D eigenvalue weighted by molar-refractivity contribution is -0.0108. The minimum Gasteiger partial charge on any atom is -0.388 e. The van der Waals surface area contributed by atoms with Crippen LogP contribution in [0.2, 0.25) is 0 Å². The molecule has 1 atom stereocenters. The number of ether oxygens (including phenoxy) is 1. The third-order valence-electron chi connectivity index (χ3n) is 3.51. The van der Waals surface area contributed by atoms with Crippen molar-refractivity contribution in [3.05, 3.63) is 35.4 Å². The summed E-state index contributed by atoms with van der Waals surface area (Å²) in [6.45, 7) is 3.31. The van der Waals surface area contributed by atoms with Crippen LogP contribution >= 0.6 is 0 Å². The second-order valence-corrected chi connectivity index (χ2v) is 5.42. The van der Waals surface area contributed by atoms with Crippen LogP contribution in [0, 0.1) is 0 Å². The molecule has 0 bridgehead atoms. The topological polar surface area (TPSA) is 49.8 Å². The highest BCUT2D eigenvalue weighted by atomic mass is 16.5. The maximum absolute atomic E-state index is 12.5. The molecule has 0 saturated carbocycles. The van der Waals surface area contributed by atoms with Gasteiger partial charge in [0.25, 0.3) is 5.91 Å². The average molecular weight is 263 g/mol. The molecule has 1 aromatic carbocycles. The summed E-state index contributed by atoms with van der Waals surface area (Å²) in [7, 11) is 1.62. The zero-order chi connectivity index (χ0) is 13.9. The third kappa shape index (κ3) is 3.33.